The second-order valence-electron chi connectivity index (χ2n) is 2.20. The van der Waals surface area contributed by atoms with Crippen LogP contribution in [-0.4, -0.2) is 10.1 Å². The largest absolute Gasteiger partial charge is 0.506 e. The predicted molar refractivity (Wildman–Crippen MR) is 35.6 cm³/mol. The third-order valence-corrected chi connectivity index (χ3v) is 1.31. The first-order valence-corrected chi connectivity index (χ1v) is 3.05. The molecule has 2 nitrogen and oxygen atoms in total. The summed E-state index contributed by atoms with van der Waals surface area (Å²) in [5.41, 5.74) is 0.0304. The Bertz CT molecular complexity index is 263. The Kier molecular flexibility index (Phi) is 2.03. The maximum Gasteiger partial charge on any atom is 0.280 e. The Hall–Kier alpha value is -1.19. The molecule has 0 aromatic carbocycles. The maximum atomic E-state index is 12.0. The van der Waals surface area contributed by atoms with Crippen molar-refractivity contribution in [3.05, 3.63) is 23.5 Å². The van der Waals surface area contributed by atoms with Crippen LogP contribution < -0.4 is 0 Å². The fourth-order valence-corrected chi connectivity index (χ4v) is 0.799. The molecule has 0 fully saturated rings. The Morgan fingerprint density at radius 1 is 1.55 bits per heavy atom. The lowest BCUT2D eigenvalue weighted by molar-refractivity contribution is 0.145. The number of aromatic nitrogens is 1. The van der Waals surface area contributed by atoms with Crippen molar-refractivity contribution in [2.75, 3.05) is 0 Å². The molecule has 0 saturated carbocycles. The van der Waals surface area contributed by atoms with Crippen LogP contribution in [0.2, 0.25) is 0 Å². The lowest BCUT2D eigenvalue weighted by Gasteiger charge is -2.02. The van der Waals surface area contributed by atoms with E-state index in [4.69, 9.17) is 5.11 Å². The summed E-state index contributed by atoms with van der Waals surface area (Å²) in [5, 5.41) is 8.81. The molecule has 60 valence electrons. The van der Waals surface area contributed by atoms with Gasteiger partial charge in [0.15, 0.2) is 0 Å². The first kappa shape index (κ1) is 7.91. The summed E-state index contributed by atoms with van der Waals surface area (Å²) in [7, 11) is 0. The molecule has 0 amide bonds. The molecule has 0 atom stereocenters. The van der Waals surface area contributed by atoms with Gasteiger partial charge in [0.2, 0.25) is 0 Å². The SMILES string of the molecule is Cc1cc(O)cnc1C(F)F. The molecule has 4 heteroatoms. The molecule has 0 radical (unpaired) electrons. The van der Waals surface area contributed by atoms with E-state index in [2.05, 4.69) is 4.98 Å². The van der Waals surface area contributed by atoms with Crippen molar-refractivity contribution in [1.29, 1.82) is 0 Å². The van der Waals surface area contributed by atoms with Gasteiger partial charge in [0.05, 0.1) is 6.20 Å². The third-order valence-electron chi connectivity index (χ3n) is 1.31. The molecule has 0 unspecified atom stereocenters. The topological polar surface area (TPSA) is 33.1 Å². The highest BCUT2D eigenvalue weighted by atomic mass is 19.3. The van der Waals surface area contributed by atoms with Crippen molar-refractivity contribution in [3.8, 4) is 5.75 Å². The number of nitrogens with zero attached hydrogens (tertiary/aromatic N) is 1. The van der Waals surface area contributed by atoms with Crippen LogP contribution in [0.5, 0.6) is 5.75 Å². The number of pyridine rings is 1. The smallest absolute Gasteiger partial charge is 0.280 e. The molecule has 1 rings (SSSR count). The van der Waals surface area contributed by atoms with Crippen LogP contribution in [0.25, 0.3) is 0 Å². The molecule has 0 spiro atoms. The van der Waals surface area contributed by atoms with E-state index in [-0.39, 0.29) is 11.4 Å². The van der Waals surface area contributed by atoms with Gasteiger partial charge in [-0.2, -0.15) is 0 Å². The lowest BCUT2D eigenvalue weighted by Crippen LogP contribution is -1.92. The Balaban J connectivity index is 3.09. The van der Waals surface area contributed by atoms with Crippen molar-refractivity contribution in [2.24, 2.45) is 0 Å². The molecule has 1 aromatic rings. The Labute approximate surface area is 62.5 Å². The molecule has 1 N–H and O–H groups in total. The van der Waals surface area contributed by atoms with Crippen LogP contribution in [0.1, 0.15) is 17.7 Å². The van der Waals surface area contributed by atoms with Gasteiger partial charge in [-0.25, -0.2) is 8.78 Å². The summed E-state index contributed by atoms with van der Waals surface area (Å²) in [4.78, 5) is 3.38. The van der Waals surface area contributed by atoms with Crippen LogP contribution in [0.15, 0.2) is 12.3 Å². The Morgan fingerprint density at radius 2 is 2.18 bits per heavy atom. The van der Waals surface area contributed by atoms with Crippen molar-refractivity contribution >= 4 is 0 Å². The normalized spacial score (nSPS) is 10.5. The molecule has 0 aliphatic carbocycles. The van der Waals surface area contributed by atoms with Crippen molar-refractivity contribution in [2.45, 2.75) is 13.3 Å². The summed E-state index contributed by atoms with van der Waals surface area (Å²) in [6, 6.07) is 1.26. The van der Waals surface area contributed by atoms with Crippen molar-refractivity contribution in [3.63, 3.8) is 0 Å². The van der Waals surface area contributed by atoms with Gasteiger partial charge in [-0.1, -0.05) is 0 Å². The van der Waals surface area contributed by atoms with E-state index in [1.807, 2.05) is 0 Å². The van der Waals surface area contributed by atoms with E-state index in [0.717, 1.165) is 6.20 Å². The number of hydrogen-bond donors (Lipinski definition) is 1. The molecule has 1 aromatic heterocycles. The molecule has 1 heterocycles. The van der Waals surface area contributed by atoms with Crippen molar-refractivity contribution < 1.29 is 13.9 Å². The summed E-state index contributed by atoms with van der Waals surface area (Å²) < 4.78 is 24.0. The van der Waals surface area contributed by atoms with Crippen LogP contribution in [0, 0.1) is 6.92 Å². The number of halogens is 2. The number of rotatable bonds is 1. The number of aromatic hydroxyl groups is 1. The van der Waals surface area contributed by atoms with Gasteiger partial charge in [0, 0.05) is 0 Å². The van der Waals surface area contributed by atoms with E-state index in [1.165, 1.54) is 13.0 Å². The minimum absolute atomic E-state index is 0.0908. The summed E-state index contributed by atoms with van der Waals surface area (Å²) >= 11 is 0. The zero-order chi connectivity index (χ0) is 8.43. The second-order valence-corrected chi connectivity index (χ2v) is 2.20. The molecule has 0 aliphatic heterocycles. The molecule has 0 saturated heterocycles. The highest BCUT2D eigenvalue weighted by molar-refractivity contribution is 5.27. The average Bonchev–Trinajstić information content (AvgIpc) is 1.85. The molecular formula is C7H7F2NO. The summed E-state index contributed by atoms with van der Waals surface area (Å²) in [6.07, 6.45) is -1.57. The van der Waals surface area contributed by atoms with Crippen LogP contribution in [-0.2, 0) is 0 Å². The number of alkyl halides is 2. The molecular weight excluding hydrogens is 152 g/mol. The van der Waals surface area contributed by atoms with Gasteiger partial charge in [0.1, 0.15) is 11.4 Å². The van der Waals surface area contributed by atoms with Gasteiger partial charge in [-0.05, 0) is 18.6 Å². The lowest BCUT2D eigenvalue weighted by atomic mass is 10.2. The highest BCUT2D eigenvalue weighted by Gasteiger charge is 2.11. The predicted octanol–water partition coefficient (Wildman–Crippen LogP) is 2.03. The van der Waals surface area contributed by atoms with Crippen LogP contribution >= 0.6 is 0 Å². The van der Waals surface area contributed by atoms with E-state index >= 15 is 0 Å². The van der Waals surface area contributed by atoms with E-state index in [9.17, 15) is 8.78 Å². The average molecular weight is 159 g/mol. The number of hydrogen-bond acceptors (Lipinski definition) is 2. The monoisotopic (exact) mass is 159 g/mol. The fourth-order valence-electron chi connectivity index (χ4n) is 0.799. The fraction of sp³-hybridized carbons (Fsp3) is 0.286. The number of aryl methyl sites for hydroxylation is 1. The first-order chi connectivity index (χ1) is 5.11. The van der Waals surface area contributed by atoms with Gasteiger partial charge < -0.3 is 5.11 Å². The quantitative estimate of drug-likeness (QED) is 0.680. The highest BCUT2D eigenvalue weighted by Crippen LogP contribution is 2.22. The first-order valence-electron chi connectivity index (χ1n) is 3.05. The van der Waals surface area contributed by atoms with Gasteiger partial charge in [0.25, 0.3) is 6.43 Å². The maximum absolute atomic E-state index is 12.0. The summed E-state index contributed by atoms with van der Waals surface area (Å²) in [6.45, 7) is 1.48. The van der Waals surface area contributed by atoms with E-state index < -0.39 is 6.43 Å². The van der Waals surface area contributed by atoms with Crippen LogP contribution in [0.4, 0.5) is 8.78 Å². The Morgan fingerprint density at radius 3 is 2.64 bits per heavy atom. The third kappa shape index (κ3) is 1.63. The van der Waals surface area contributed by atoms with Gasteiger partial charge in [-0.15, -0.1) is 0 Å². The van der Waals surface area contributed by atoms with E-state index in [1.54, 1.807) is 0 Å². The molecule has 0 bridgehead atoms. The van der Waals surface area contributed by atoms with Crippen molar-refractivity contribution in [1.82, 2.24) is 4.98 Å². The summed E-state index contributed by atoms with van der Waals surface area (Å²) in [5.74, 6) is -0.0908. The minimum Gasteiger partial charge on any atom is -0.506 e. The van der Waals surface area contributed by atoms with E-state index in [0.29, 0.717) is 5.56 Å². The standard InChI is InChI=1S/C7H7F2NO/c1-4-2-5(11)3-10-6(4)7(8)9/h2-3,7,11H,1H3. The minimum atomic E-state index is -2.57. The van der Waals surface area contributed by atoms with Crippen LogP contribution in [0.3, 0.4) is 0 Å². The van der Waals surface area contributed by atoms with Gasteiger partial charge >= 0.3 is 0 Å². The van der Waals surface area contributed by atoms with Gasteiger partial charge in [-0.3, -0.25) is 4.98 Å². The second kappa shape index (κ2) is 2.82. The zero-order valence-electron chi connectivity index (χ0n) is 5.88. The zero-order valence-corrected chi connectivity index (χ0v) is 5.88. The molecule has 0 aliphatic rings. The molecule has 11 heavy (non-hydrogen) atoms.